The monoisotopic (exact) mass is 253 g/mol. The SMILES string of the molecule is COc1nc(SC)ncc1C(=O)N1CCCC1. The van der Waals surface area contributed by atoms with Gasteiger partial charge in [-0.05, 0) is 19.1 Å². The van der Waals surface area contributed by atoms with E-state index in [0.29, 0.717) is 16.6 Å². The van der Waals surface area contributed by atoms with E-state index in [1.807, 2.05) is 11.2 Å². The fraction of sp³-hybridized carbons (Fsp3) is 0.545. The molecule has 92 valence electrons. The van der Waals surface area contributed by atoms with E-state index in [1.165, 1.54) is 18.9 Å². The maximum atomic E-state index is 12.2. The highest BCUT2D eigenvalue weighted by Gasteiger charge is 2.23. The summed E-state index contributed by atoms with van der Waals surface area (Å²) in [4.78, 5) is 22.3. The molecule has 0 unspecified atom stereocenters. The second kappa shape index (κ2) is 5.35. The summed E-state index contributed by atoms with van der Waals surface area (Å²) in [5.41, 5.74) is 0.451. The summed E-state index contributed by atoms with van der Waals surface area (Å²) in [5.74, 6) is 0.327. The van der Waals surface area contributed by atoms with E-state index in [2.05, 4.69) is 9.97 Å². The summed E-state index contributed by atoms with van der Waals surface area (Å²) in [6, 6.07) is 0. The average Bonchev–Trinajstić information content (AvgIpc) is 2.91. The molecule has 5 nitrogen and oxygen atoms in total. The largest absolute Gasteiger partial charge is 0.480 e. The van der Waals surface area contributed by atoms with Gasteiger partial charge in [0.05, 0.1) is 7.11 Å². The van der Waals surface area contributed by atoms with Gasteiger partial charge >= 0.3 is 0 Å². The van der Waals surface area contributed by atoms with Gasteiger partial charge in [-0.2, -0.15) is 4.98 Å². The van der Waals surface area contributed by atoms with Gasteiger partial charge in [0, 0.05) is 19.3 Å². The van der Waals surface area contributed by atoms with Gasteiger partial charge in [-0.1, -0.05) is 11.8 Å². The van der Waals surface area contributed by atoms with Crippen molar-refractivity contribution in [2.45, 2.75) is 18.0 Å². The van der Waals surface area contributed by atoms with Crippen LogP contribution in [0.5, 0.6) is 5.88 Å². The third-order valence-corrected chi connectivity index (χ3v) is 3.29. The number of likely N-dealkylation sites (tertiary alicyclic amines) is 1. The van der Waals surface area contributed by atoms with Gasteiger partial charge in [-0.3, -0.25) is 4.79 Å². The Morgan fingerprint density at radius 2 is 2.18 bits per heavy atom. The standard InChI is InChI=1S/C11H15N3O2S/c1-16-9-8(7-12-11(13-9)17-2)10(15)14-5-3-4-6-14/h7H,3-6H2,1-2H3. The molecular formula is C11H15N3O2S. The van der Waals surface area contributed by atoms with Crippen LogP contribution in [0.4, 0.5) is 0 Å². The lowest BCUT2D eigenvalue weighted by molar-refractivity contribution is 0.0787. The number of rotatable bonds is 3. The molecule has 0 radical (unpaired) electrons. The smallest absolute Gasteiger partial charge is 0.260 e. The Morgan fingerprint density at radius 3 is 2.76 bits per heavy atom. The van der Waals surface area contributed by atoms with Crippen LogP contribution in [0.2, 0.25) is 0 Å². The van der Waals surface area contributed by atoms with Crippen LogP contribution in [0.3, 0.4) is 0 Å². The molecule has 1 fully saturated rings. The van der Waals surface area contributed by atoms with Crippen molar-refractivity contribution in [2.24, 2.45) is 0 Å². The second-order valence-electron chi connectivity index (χ2n) is 3.78. The molecule has 2 heterocycles. The van der Waals surface area contributed by atoms with E-state index in [9.17, 15) is 4.79 Å². The number of carbonyl (C=O) groups is 1. The normalized spacial score (nSPS) is 15.1. The summed E-state index contributed by atoms with van der Waals surface area (Å²) < 4.78 is 5.16. The molecule has 1 aromatic rings. The number of carbonyl (C=O) groups excluding carboxylic acids is 1. The number of amides is 1. The van der Waals surface area contributed by atoms with Crippen LogP contribution in [-0.2, 0) is 0 Å². The minimum absolute atomic E-state index is 0.0352. The fourth-order valence-corrected chi connectivity index (χ4v) is 2.17. The van der Waals surface area contributed by atoms with E-state index in [0.717, 1.165) is 25.9 Å². The Balaban J connectivity index is 2.27. The van der Waals surface area contributed by atoms with Crippen molar-refractivity contribution >= 4 is 17.7 Å². The van der Waals surface area contributed by atoms with Crippen molar-refractivity contribution in [1.29, 1.82) is 0 Å². The summed E-state index contributed by atoms with van der Waals surface area (Å²) in [7, 11) is 1.52. The van der Waals surface area contributed by atoms with E-state index in [1.54, 1.807) is 6.20 Å². The fourth-order valence-electron chi connectivity index (χ4n) is 1.84. The summed E-state index contributed by atoms with van der Waals surface area (Å²) in [6.07, 6.45) is 5.57. The number of nitrogens with zero attached hydrogens (tertiary/aromatic N) is 3. The Morgan fingerprint density at radius 1 is 1.47 bits per heavy atom. The first kappa shape index (κ1) is 12.2. The number of methoxy groups -OCH3 is 1. The lowest BCUT2D eigenvalue weighted by Gasteiger charge is -2.16. The Kier molecular flexibility index (Phi) is 3.83. The van der Waals surface area contributed by atoms with Crippen LogP contribution in [-0.4, -0.2) is 47.2 Å². The highest BCUT2D eigenvalue weighted by Crippen LogP contribution is 2.21. The predicted molar refractivity (Wildman–Crippen MR) is 65.5 cm³/mol. The van der Waals surface area contributed by atoms with E-state index < -0.39 is 0 Å². The number of thioether (sulfide) groups is 1. The lowest BCUT2D eigenvalue weighted by Crippen LogP contribution is -2.28. The number of hydrogen-bond donors (Lipinski definition) is 0. The van der Waals surface area contributed by atoms with Crippen LogP contribution in [0.15, 0.2) is 11.4 Å². The van der Waals surface area contributed by atoms with Gasteiger partial charge in [0.25, 0.3) is 5.91 Å². The summed E-state index contributed by atoms with van der Waals surface area (Å²) in [5, 5.41) is 0.611. The molecule has 1 aliphatic rings. The Labute approximate surface area is 105 Å². The van der Waals surface area contributed by atoms with E-state index in [-0.39, 0.29) is 5.91 Å². The molecule has 1 aromatic heterocycles. The zero-order chi connectivity index (χ0) is 12.3. The van der Waals surface area contributed by atoms with Crippen molar-refractivity contribution in [3.8, 4) is 5.88 Å². The zero-order valence-electron chi connectivity index (χ0n) is 9.97. The molecule has 17 heavy (non-hydrogen) atoms. The van der Waals surface area contributed by atoms with Gasteiger partial charge in [0.2, 0.25) is 5.88 Å². The molecule has 0 atom stereocenters. The summed E-state index contributed by atoms with van der Waals surface area (Å²) in [6.45, 7) is 1.62. The van der Waals surface area contributed by atoms with E-state index >= 15 is 0 Å². The third-order valence-electron chi connectivity index (χ3n) is 2.73. The number of hydrogen-bond acceptors (Lipinski definition) is 5. The van der Waals surface area contributed by atoms with Gasteiger partial charge in [0.15, 0.2) is 5.16 Å². The molecule has 0 aliphatic carbocycles. The Hall–Kier alpha value is -1.30. The Bertz CT molecular complexity index is 419. The molecular weight excluding hydrogens is 238 g/mol. The molecule has 6 heteroatoms. The van der Waals surface area contributed by atoms with Gasteiger partial charge in [0.1, 0.15) is 5.56 Å². The predicted octanol–water partition coefficient (Wildman–Crippen LogP) is 1.44. The van der Waals surface area contributed by atoms with Crippen molar-refractivity contribution in [1.82, 2.24) is 14.9 Å². The first-order valence-electron chi connectivity index (χ1n) is 5.50. The molecule has 0 spiro atoms. The van der Waals surface area contributed by atoms with Gasteiger partial charge in [-0.25, -0.2) is 4.98 Å². The van der Waals surface area contributed by atoms with Crippen LogP contribution in [0, 0.1) is 0 Å². The van der Waals surface area contributed by atoms with Gasteiger partial charge in [-0.15, -0.1) is 0 Å². The highest BCUT2D eigenvalue weighted by molar-refractivity contribution is 7.98. The molecule has 0 N–H and O–H groups in total. The lowest BCUT2D eigenvalue weighted by atomic mass is 10.3. The maximum absolute atomic E-state index is 12.2. The minimum Gasteiger partial charge on any atom is -0.480 e. The van der Waals surface area contributed by atoms with Crippen LogP contribution < -0.4 is 4.74 Å². The molecule has 1 saturated heterocycles. The first-order valence-corrected chi connectivity index (χ1v) is 6.73. The van der Waals surface area contributed by atoms with Crippen LogP contribution in [0.25, 0.3) is 0 Å². The average molecular weight is 253 g/mol. The quantitative estimate of drug-likeness (QED) is 0.602. The van der Waals surface area contributed by atoms with Gasteiger partial charge < -0.3 is 9.64 Å². The number of aromatic nitrogens is 2. The molecule has 0 aromatic carbocycles. The highest BCUT2D eigenvalue weighted by atomic mass is 32.2. The topological polar surface area (TPSA) is 55.3 Å². The van der Waals surface area contributed by atoms with Crippen molar-refractivity contribution in [3.63, 3.8) is 0 Å². The van der Waals surface area contributed by atoms with Crippen LogP contribution >= 0.6 is 11.8 Å². The maximum Gasteiger partial charge on any atom is 0.260 e. The van der Waals surface area contributed by atoms with Crippen molar-refractivity contribution in [3.05, 3.63) is 11.8 Å². The molecule has 1 amide bonds. The minimum atomic E-state index is -0.0352. The van der Waals surface area contributed by atoms with Crippen LogP contribution in [0.1, 0.15) is 23.2 Å². The third kappa shape index (κ3) is 2.52. The molecule has 2 rings (SSSR count). The van der Waals surface area contributed by atoms with Crippen molar-refractivity contribution in [2.75, 3.05) is 26.5 Å². The number of ether oxygens (including phenoxy) is 1. The first-order chi connectivity index (χ1) is 8.26. The second-order valence-corrected chi connectivity index (χ2v) is 4.55. The molecule has 0 bridgehead atoms. The summed E-state index contributed by atoms with van der Waals surface area (Å²) >= 11 is 1.42. The molecule has 0 saturated carbocycles. The van der Waals surface area contributed by atoms with Crippen molar-refractivity contribution < 1.29 is 9.53 Å². The van der Waals surface area contributed by atoms with E-state index in [4.69, 9.17) is 4.74 Å². The zero-order valence-corrected chi connectivity index (χ0v) is 10.8. The molecule has 1 aliphatic heterocycles.